The van der Waals surface area contributed by atoms with Gasteiger partial charge in [-0.1, -0.05) is 37.3 Å². The number of rotatable bonds is 4. The zero-order valence-electron chi connectivity index (χ0n) is 16.0. The van der Waals surface area contributed by atoms with E-state index in [1.165, 1.54) is 12.5 Å². The highest BCUT2D eigenvalue weighted by molar-refractivity contribution is 5.92. The Morgan fingerprint density at radius 2 is 1.76 bits per heavy atom. The highest BCUT2D eigenvalue weighted by Crippen LogP contribution is 2.28. The van der Waals surface area contributed by atoms with E-state index in [4.69, 9.17) is 9.15 Å². The summed E-state index contributed by atoms with van der Waals surface area (Å²) < 4.78 is 10.7. The van der Waals surface area contributed by atoms with E-state index >= 15 is 0 Å². The molecule has 4 aromatic rings. The molecule has 0 atom stereocenters. The highest BCUT2D eigenvalue weighted by atomic mass is 16.5. The summed E-state index contributed by atoms with van der Waals surface area (Å²) >= 11 is 0. The molecule has 0 unspecified atom stereocenters. The predicted octanol–water partition coefficient (Wildman–Crippen LogP) is 1.43. The van der Waals surface area contributed by atoms with Crippen molar-refractivity contribution >= 4 is 22.9 Å². The van der Waals surface area contributed by atoms with Crippen LogP contribution in [0.5, 0.6) is 5.75 Å². The van der Waals surface area contributed by atoms with Crippen molar-refractivity contribution in [2.24, 2.45) is 0 Å². The summed E-state index contributed by atoms with van der Waals surface area (Å²) in [7, 11) is 1.57. The average Bonchev–Trinajstić information content (AvgIpc) is 3.19. The molecule has 0 amide bonds. The maximum Gasteiger partial charge on any atom is 0.272 e. The van der Waals surface area contributed by atoms with Crippen LogP contribution in [0.3, 0.4) is 0 Å². The van der Waals surface area contributed by atoms with E-state index in [0.717, 1.165) is 10.8 Å². The van der Waals surface area contributed by atoms with Crippen LogP contribution in [0.2, 0.25) is 0 Å². The zero-order valence-corrected chi connectivity index (χ0v) is 16.0. The molecule has 0 aliphatic carbocycles. The molecule has 4 rings (SSSR count). The Labute approximate surface area is 165 Å². The molecule has 7 nitrogen and oxygen atoms in total. The molecule has 0 radical (unpaired) electrons. The molecule has 0 spiro atoms. The van der Waals surface area contributed by atoms with Crippen LogP contribution in [0, 0.1) is 0 Å². The van der Waals surface area contributed by atoms with Crippen molar-refractivity contribution in [1.82, 2.24) is 15.0 Å². The van der Waals surface area contributed by atoms with Crippen LogP contribution in [0.15, 0.2) is 56.8 Å². The topological polar surface area (TPSA) is 101 Å². The molecule has 7 heteroatoms. The number of aromatic nitrogens is 3. The Balaban J connectivity index is 1.93. The highest BCUT2D eigenvalue weighted by Gasteiger charge is 2.08. The quantitative estimate of drug-likeness (QED) is 0.550. The Hall–Kier alpha value is -3.87. The zero-order chi connectivity index (χ0) is 20.4. The first-order chi connectivity index (χ1) is 14.1. The Bertz CT molecular complexity index is 1430. The number of hydrogen-bond donors (Lipinski definition) is 2. The van der Waals surface area contributed by atoms with Gasteiger partial charge in [0.1, 0.15) is 27.9 Å². The van der Waals surface area contributed by atoms with Crippen molar-refractivity contribution in [3.05, 3.63) is 91.2 Å². The van der Waals surface area contributed by atoms with Crippen molar-refractivity contribution in [2.45, 2.75) is 13.3 Å². The third-order valence-electron chi connectivity index (χ3n) is 4.70. The minimum atomic E-state index is -0.430. The van der Waals surface area contributed by atoms with Gasteiger partial charge in [0.05, 0.1) is 7.11 Å². The normalized spacial score (nSPS) is 12.6. The summed E-state index contributed by atoms with van der Waals surface area (Å²) in [6.07, 6.45) is 5.07. The van der Waals surface area contributed by atoms with E-state index in [0.29, 0.717) is 29.2 Å². The molecule has 2 heterocycles. The summed E-state index contributed by atoms with van der Waals surface area (Å²) in [5.41, 5.74) is 0.377. The number of benzene rings is 2. The van der Waals surface area contributed by atoms with Gasteiger partial charge >= 0.3 is 0 Å². The number of nitrogens with zero attached hydrogens (tertiary/aromatic N) is 1. The number of aryl methyl sites for hydroxylation is 1. The number of oxazole rings is 1. The van der Waals surface area contributed by atoms with Crippen molar-refractivity contribution in [3.8, 4) is 5.75 Å². The summed E-state index contributed by atoms with van der Waals surface area (Å²) in [6, 6.07) is 11.5. The van der Waals surface area contributed by atoms with Gasteiger partial charge in [-0.25, -0.2) is 4.98 Å². The molecule has 0 aliphatic rings. The van der Waals surface area contributed by atoms with Crippen molar-refractivity contribution in [3.63, 3.8) is 0 Å². The third-order valence-corrected chi connectivity index (χ3v) is 4.70. The van der Waals surface area contributed by atoms with Gasteiger partial charge in [0.2, 0.25) is 0 Å². The van der Waals surface area contributed by atoms with Crippen LogP contribution in [0.25, 0.3) is 22.9 Å². The van der Waals surface area contributed by atoms with Gasteiger partial charge in [0.15, 0.2) is 6.39 Å². The maximum atomic E-state index is 12.7. The van der Waals surface area contributed by atoms with Gasteiger partial charge in [-0.2, -0.15) is 0 Å². The number of aromatic amines is 2. The summed E-state index contributed by atoms with van der Waals surface area (Å²) in [4.78, 5) is 34.6. The average molecular weight is 389 g/mol. The van der Waals surface area contributed by atoms with Crippen molar-refractivity contribution in [2.75, 3.05) is 7.11 Å². The molecular formula is C22H19N3O4. The minimum absolute atomic E-state index is 0.112. The minimum Gasteiger partial charge on any atom is -0.496 e. The molecular weight excluding hydrogens is 370 g/mol. The number of fused-ring (bicyclic) bond motifs is 1. The second-order valence-electron chi connectivity index (χ2n) is 6.44. The van der Waals surface area contributed by atoms with E-state index in [2.05, 4.69) is 15.0 Å². The second-order valence-corrected chi connectivity index (χ2v) is 6.44. The summed E-state index contributed by atoms with van der Waals surface area (Å²) in [6.45, 7) is 1.92. The number of methoxy groups -OCH3 is 1. The Kier molecular flexibility index (Phi) is 4.87. The van der Waals surface area contributed by atoms with Gasteiger partial charge in [-0.05, 0) is 29.0 Å². The summed E-state index contributed by atoms with van der Waals surface area (Å²) in [5.74, 6) is 1.25. The van der Waals surface area contributed by atoms with E-state index < -0.39 is 11.1 Å². The Morgan fingerprint density at radius 3 is 2.48 bits per heavy atom. The van der Waals surface area contributed by atoms with Gasteiger partial charge in [0.25, 0.3) is 11.1 Å². The monoisotopic (exact) mass is 389 g/mol. The molecule has 29 heavy (non-hydrogen) atoms. The van der Waals surface area contributed by atoms with Crippen LogP contribution in [0.4, 0.5) is 0 Å². The molecule has 0 saturated carbocycles. The SMILES string of the molecule is CCc1ocnc1/C=c1\[nH]c(=O)/c(=C/c2c(OC)ccc3ccccc23)[nH]c1=O. The van der Waals surface area contributed by atoms with Gasteiger partial charge in [0, 0.05) is 12.0 Å². The fourth-order valence-corrected chi connectivity index (χ4v) is 3.24. The van der Waals surface area contributed by atoms with Gasteiger partial charge in [-0.3, -0.25) is 9.59 Å². The molecule has 0 bridgehead atoms. The fourth-order valence-electron chi connectivity index (χ4n) is 3.24. The standard InChI is InChI=1S/C22H19N3O4/c1-3-19-16(23-12-29-19)11-18-22(27)24-17(21(26)25-18)10-15-14-7-5-4-6-13(14)8-9-20(15)28-2/h4-12H,3H2,1-2H3,(H,24,27)(H,25,26)/b17-10-,18-11-. The smallest absolute Gasteiger partial charge is 0.272 e. The first-order valence-electron chi connectivity index (χ1n) is 9.15. The van der Waals surface area contributed by atoms with Crippen LogP contribution >= 0.6 is 0 Å². The number of nitrogens with one attached hydrogen (secondary N) is 2. The van der Waals surface area contributed by atoms with E-state index in [-0.39, 0.29) is 10.7 Å². The first kappa shape index (κ1) is 18.5. The number of H-pyrrole nitrogens is 2. The fraction of sp³-hybridized carbons (Fsp3) is 0.136. The molecule has 2 aromatic carbocycles. The first-order valence-corrected chi connectivity index (χ1v) is 9.15. The largest absolute Gasteiger partial charge is 0.496 e. The van der Waals surface area contributed by atoms with Crippen LogP contribution < -0.4 is 26.6 Å². The Morgan fingerprint density at radius 1 is 1.03 bits per heavy atom. The molecule has 2 aromatic heterocycles. The molecule has 0 aliphatic heterocycles. The lowest BCUT2D eigenvalue weighted by Gasteiger charge is -2.08. The van der Waals surface area contributed by atoms with Crippen LogP contribution in [0.1, 0.15) is 23.9 Å². The molecule has 0 saturated heterocycles. The predicted molar refractivity (Wildman–Crippen MR) is 110 cm³/mol. The van der Waals surface area contributed by atoms with Crippen molar-refractivity contribution < 1.29 is 9.15 Å². The molecule has 2 N–H and O–H groups in total. The number of ether oxygens (including phenoxy) is 1. The second kappa shape index (κ2) is 7.63. The number of hydrogen-bond acceptors (Lipinski definition) is 5. The maximum absolute atomic E-state index is 12.7. The van der Waals surface area contributed by atoms with Gasteiger partial charge < -0.3 is 19.1 Å². The van der Waals surface area contributed by atoms with E-state index in [1.54, 1.807) is 13.2 Å². The van der Waals surface area contributed by atoms with Gasteiger partial charge in [-0.15, -0.1) is 0 Å². The van der Waals surface area contributed by atoms with Crippen molar-refractivity contribution in [1.29, 1.82) is 0 Å². The van der Waals surface area contributed by atoms with E-state index in [9.17, 15) is 9.59 Å². The lowest BCUT2D eigenvalue weighted by molar-refractivity contribution is 0.414. The van der Waals surface area contributed by atoms with Crippen LogP contribution in [-0.4, -0.2) is 22.1 Å². The third kappa shape index (κ3) is 3.50. The lowest BCUT2D eigenvalue weighted by Crippen LogP contribution is -2.46. The summed E-state index contributed by atoms with van der Waals surface area (Å²) in [5, 5.41) is 2.16. The molecule has 146 valence electrons. The lowest BCUT2D eigenvalue weighted by atomic mass is 10.0. The van der Waals surface area contributed by atoms with Crippen LogP contribution in [-0.2, 0) is 6.42 Å². The molecule has 0 fully saturated rings. The van der Waals surface area contributed by atoms with E-state index in [1.807, 2.05) is 43.3 Å².